The van der Waals surface area contributed by atoms with Gasteiger partial charge < -0.3 is 5.32 Å². The third kappa shape index (κ3) is 4.74. The van der Waals surface area contributed by atoms with E-state index in [1.165, 1.54) is 35.5 Å². The second-order valence-corrected chi connectivity index (χ2v) is 10.4. The highest BCUT2D eigenvalue weighted by Gasteiger charge is 2.49. The Morgan fingerprint density at radius 2 is 1.62 bits per heavy atom. The Hall–Kier alpha value is -3.11. The molecule has 1 heterocycles. The van der Waals surface area contributed by atoms with E-state index in [-0.39, 0.29) is 17.2 Å². The van der Waals surface area contributed by atoms with E-state index in [9.17, 15) is 27.2 Å². The highest BCUT2D eigenvalue weighted by atomic mass is 32.2. The molecule has 0 radical (unpaired) electrons. The number of imide groups is 1. The van der Waals surface area contributed by atoms with Crippen molar-refractivity contribution in [1.29, 1.82) is 0 Å². The summed E-state index contributed by atoms with van der Waals surface area (Å²) in [6.45, 7) is 1.37. The third-order valence-electron chi connectivity index (χ3n) is 6.20. The Morgan fingerprint density at radius 1 is 1.00 bits per heavy atom. The van der Waals surface area contributed by atoms with E-state index in [1.54, 1.807) is 12.1 Å². The van der Waals surface area contributed by atoms with Gasteiger partial charge in [-0.15, -0.1) is 0 Å². The minimum absolute atomic E-state index is 0.113. The molecule has 1 N–H and O–H groups in total. The monoisotopic (exact) mass is 487 g/mol. The summed E-state index contributed by atoms with van der Waals surface area (Å²) < 4.78 is 41.9. The predicted molar refractivity (Wildman–Crippen MR) is 124 cm³/mol. The smallest absolute Gasteiger partial charge is 0.252 e. The van der Waals surface area contributed by atoms with Gasteiger partial charge in [-0.25, -0.2) is 17.7 Å². The first-order valence-electron chi connectivity index (χ1n) is 11.2. The van der Waals surface area contributed by atoms with Crippen molar-refractivity contribution in [3.63, 3.8) is 0 Å². The molecule has 0 bridgehead atoms. The highest BCUT2D eigenvalue weighted by molar-refractivity contribution is 7.89. The van der Waals surface area contributed by atoms with Crippen molar-refractivity contribution in [1.82, 2.24) is 4.31 Å². The molecule has 2 aromatic carbocycles. The fraction of sp³-hybridized carbons (Fsp3) is 0.375. The van der Waals surface area contributed by atoms with Crippen molar-refractivity contribution < 1.29 is 27.2 Å². The molecule has 4 rings (SSSR count). The average Bonchev–Trinajstić information content (AvgIpc) is 3.08. The van der Waals surface area contributed by atoms with Gasteiger partial charge in [0.05, 0.1) is 17.0 Å². The molecule has 34 heavy (non-hydrogen) atoms. The fourth-order valence-electron chi connectivity index (χ4n) is 4.67. The van der Waals surface area contributed by atoms with Gasteiger partial charge in [0.1, 0.15) is 11.9 Å². The molecule has 0 aromatic heterocycles. The van der Waals surface area contributed by atoms with E-state index in [4.69, 9.17) is 0 Å². The summed E-state index contributed by atoms with van der Waals surface area (Å²) in [5, 5.41) is 2.62. The van der Waals surface area contributed by atoms with Crippen molar-refractivity contribution in [3.05, 3.63) is 54.3 Å². The predicted octanol–water partition coefficient (Wildman–Crippen LogP) is 3.44. The van der Waals surface area contributed by atoms with Crippen LogP contribution in [0.2, 0.25) is 0 Å². The summed E-state index contributed by atoms with van der Waals surface area (Å²) in [5.74, 6) is -1.94. The van der Waals surface area contributed by atoms with Crippen LogP contribution in [-0.2, 0) is 24.4 Å². The molecule has 1 atom stereocenters. The Morgan fingerprint density at radius 3 is 2.21 bits per heavy atom. The van der Waals surface area contributed by atoms with Crippen LogP contribution in [0.3, 0.4) is 0 Å². The second-order valence-electron chi connectivity index (χ2n) is 8.60. The molecule has 8 nitrogen and oxygen atoms in total. The van der Waals surface area contributed by atoms with Crippen LogP contribution in [0.1, 0.15) is 45.4 Å². The molecule has 2 fully saturated rings. The number of halogens is 1. The SMILES string of the molecule is CC(=O)Nc1ccc(N2C(=O)CC(N(C3CCCCC3)S(=O)(=O)c3ccc(F)cc3)C2=O)cc1. The second kappa shape index (κ2) is 9.63. The van der Waals surface area contributed by atoms with Crippen LogP contribution >= 0.6 is 0 Å². The lowest BCUT2D eigenvalue weighted by Gasteiger charge is -2.36. The summed E-state index contributed by atoms with van der Waals surface area (Å²) in [6, 6.07) is 9.09. The van der Waals surface area contributed by atoms with Gasteiger partial charge >= 0.3 is 0 Å². The first-order chi connectivity index (χ1) is 16.2. The Balaban J connectivity index is 1.68. The molecule has 2 aliphatic rings. The number of carbonyl (C=O) groups excluding carboxylic acids is 3. The maximum absolute atomic E-state index is 13.7. The van der Waals surface area contributed by atoms with E-state index < -0.39 is 39.7 Å². The van der Waals surface area contributed by atoms with Crippen molar-refractivity contribution in [2.75, 3.05) is 10.2 Å². The highest BCUT2D eigenvalue weighted by Crippen LogP contribution is 2.35. The molecule has 1 saturated heterocycles. The van der Waals surface area contributed by atoms with Gasteiger partial charge in [0.2, 0.25) is 21.8 Å². The van der Waals surface area contributed by atoms with E-state index in [0.717, 1.165) is 36.3 Å². The Labute approximate surface area is 197 Å². The van der Waals surface area contributed by atoms with Gasteiger partial charge in [0.15, 0.2) is 0 Å². The molecule has 3 amide bonds. The molecule has 2 aromatic rings. The Kier molecular flexibility index (Phi) is 6.81. The standard InChI is InChI=1S/C24H26FN3O5S/c1-16(29)26-18-9-11-19(12-10-18)27-23(30)15-22(24(27)31)28(20-5-3-2-4-6-20)34(32,33)21-13-7-17(25)8-14-21/h7-14,20,22H,2-6,15H2,1H3,(H,26,29). The molecule has 10 heteroatoms. The molecule has 1 unspecified atom stereocenters. The van der Waals surface area contributed by atoms with Gasteiger partial charge in [-0.1, -0.05) is 19.3 Å². The number of hydrogen-bond donors (Lipinski definition) is 1. The number of rotatable bonds is 6. The van der Waals surface area contributed by atoms with Crippen molar-refractivity contribution in [2.24, 2.45) is 0 Å². The van der Waals surface area contributed by atoms with Crippen molar-refractivity contribution in [2.45, 2.75) is 62.4 Å². The largest absolute Gasteiger partial charge is 0.326 e. The number of nitrogens with one attached hydrogen (secondary N) is 1. The minimum atomic E-state index is -4.16. The first kappa shape index (κ1) is 24.0. The normalized spacial score (nSPS) is 19.6. The van der Waals surface area contributed by atoms with Crippen LogP contribution in [0.5, 0.6) is 0 Å². The van der Waals surface area contributed by atoms with E-state index in [1.807, 2.05) is 0 Å². The zero-order chi connectivity index (χ0) is 24.5. The lowest BCUT2D eigenvalue weighted by Crippen LogP contribution is -2.51. The average molecular weight is 488 g/mol. The summed E-state index contributed by atoms with van der Waals surface area (Å²) in [7, 11) is -4.16. The van der Waals surface area contributed by atoms with Crippen LogP contribution in [0, 0.1) is 5.82 Å². The summed E-state index contributed by atoms with van der Waals surface area (Å²) in [4.78, 5) is 38.5. The van der Waals surface area contributed by atoms with Gasteiger partial charge in [0.25, 0.3) is 5.91 Å². The Bertz CT molecular complexity index is 1190. The lowest BCUT2D eigenvalue weighted by molar-refractivity contribution is -0.122. The maximum atomic E-state index is 13.7. The molecule has 1 aliphatic heterocycles. The number of hydrogen-bond acceptors (Lipinski definition) is 5. The summed E-state index contributed by atoms with van der Waals surface area (Å²) in [6.07, 6.45) is 3.52. The van der Waals surface area contributed by atoms with Gasteiger partial charge in [-0.3, -0.25) is 14.4 Å². The molecule has 180 valence electrons. The molecule has 1 aliphatic carbocycles. The summed E-state index contributed by atoms with van der Waals surface area (Å²) in [5.41, 5.74) is 0.809. The van der Waals surface area contributed by atoms with E-state index in [2.05, 4.69) is 5.32 Å². The van der Waals surface area contributed by atoms with Crippen molar-refractivity contribution in [3.8, 4) is 0 Å². The number of benzene rings is 2. The molecule has 1 saturated carbocycles. The minimum Gasteiger partial charge on any atom is -0.326 e. The molecular formula is C24H26FN3O5S. The third-order valence-corrected chi connectivity index (χ3v) is 8.18. The van der Waals surface area contributed by atoms with Gasteiger partial charge in [-0.05, 0) is 61.4 Å². The fourth-order valence-corrected chi connectivity index (χ4v) is 6.49. The van der Waals surface area contributed by atoms with Crippen LogP contribution in [0.4, 0.5) is 15.8 Å². The zero-order valence-electron chi connectivity index (χ0n) is 18.7. The molecule has 0 spiro atoms. The van der Waals surface area contributed by atoms with Crippen LogP contribution in [0.15, 0.2) is 53.4 Å². The van der Waals surface area contributed by atoms with Crippen LogP contribution < -0.4 is 10.2 Å². The van der Waals surface area contributed by atoms with E-state index >= 15 is 0 Å². The van der Waals surface area contributed by atoms with E-state index in [0.29, 0.717) is 24.2 Å². The number of anilines is 2. The number of nitrogens with zero attached hydrogens (tertiary/aromatic N) is 2. The van der Waals surface area contributed by atoms with Crippen molar-refractivity contribution >= 4 is 39.1 Å². The van der Waals surface area contributed by atoms with Crippen LogP contribution in [0.25, 0.3) is 0 Å². The number of sulfonamides is 1. The zero-order valence-corrected chi connectivity index (χ0v) is 19.6. The summed E-state index contributed by atoms with van der Waals surface area (Å²) >= 11 is 0. The number of amides is 3. The topological polar surface area (TPSA) is 104 Å². The van der Waals surface area contributed by atoms with Crippen LogP contribution in [-0.4, -0.2) is 42.5 Å². The van der Waals surface area contributed by atoms with Gasteiger partial charge in [-0.2, -0.15) is 4.31 Å². The quantitative estimate of drug-likeness (QED) is 0.629. The van der Waals surface area contributed by atoms with Gasteiger partial charge in [0, 0.05) is 18.7 Å². The number of carbonyl (C=O) groups is 3. The lowest BCUT2D eigenvalue weighted by atomic mass is 9.94. The first-order valence-corrected chi connectivity index (χ1v) is 12.7. The maximum Gasteiger partial charge on any atom is 0.252 e. The molecular weight excluding hydrogens is 461 g/mol.